The van der Waals surface area contributed by atoms with Crippen molar-refractivity contribution in [1.29, 1.82) is 0 Å². The normalized spacial score (nSPS) is 23.7. The van der Waals surface area contributed by atoms with E-state index in [9.17, 15) is 0 Å². The maximum atomic E-state index is 5.91. The predicted octanol–water partition coefficient (Wildman–Crippen LogP) is 2.41. The van der Waals surface area contributed by atoms with Crippen molar-refractivity contribution in [3.63, 3.8) is 0 Å². The van der Waals surface area contributed by atoms with Crippen molar-refractivity contribution in [1.82, 2.24) is 15.1 Å². The van der Waals surface area contributed by atoms with Gasteiger partial charge in [0.05, 0.1) is 6.42 Å². The third-order valence-corrected chi connectivity index (χ3v) is 4.55. The van der Waals surface area contributed by atoms with Gasteiger partial charge in [-0.15, -0.1) is 11.3 Å². The van der Waals surface area contributed by atoms with Crippen molar-refractivity contribution in [2.24, 2.45) is 5.73 Å². The fourth-order valence-electron chi connectivity index (χ4n) is 2.49. The fourth-order valence-corrected chi connectivity index (χ4v) is 3.26. The molecular formula is C13H18N4OS. The molecule has 6 heteroatoms. The lowest BCUT2D eigenvalue weighted by Crippen LogP contribution is -2.25. The molecule has 3 rings (SSSR count). The van der Waals surface area contributed by atoms with E-state index in [0.717, 1.165) is 48.1 Å². The van der Waals surface area contributed by atoms with Crippen LogP contribution < -0.4 is 5.73 Å². The summed E-state index contributed by atoms with van der Waals surface area (Å²) in [4.78, 5) is 8.93. The van der Waals surface area contributed by atoms with Crippen LogP contribution in [0.4, 0.5) is 0 Å². The third kappa shape index (κ3) is 3.01. The maximum absolute atomic E-state index is 5.91. The van der Waals surface area contributed by atoms with Gasteiger partial charge in [0.2, 0.25) is 5.89 Å². The summed E-state index contributed by atoms with van der Waals surface area (Å²) >= 11 is 1.64. The average molecular weight is 278 g/mol. The topological polar surface area (TPSA) is 77.8 Å². The van der Waals surface area contributed by atoms with Gasteiger partial charge < -0.3 is 10.3 Å². The largest absolute Gasteiger partial charge is 0.339 e. The van der Waals surface area contributed by atoms with Crippen LogP contribution in [-0.4, -0.2) is 21.2 Å². The van der Waals surface area contributed by atoms with E-state index >= 15 is 0 Å². The van der Waals surface area contributed by atoms with Crippen molar-refractivity contribution in [3.8, 4) is 0 Å². The molecule has 19 heavy (non-hydrogen) atoms. The Kier molecular flexibility index (Phi) is 3.61. The first-order valence-corrected chi connectivity index (χ1v) is 7.57. The van der Waals surface area contributed by atoms with E-state index in [1.807, 2.05) is 12.3 Å². The minimum Gasteiger partial charge on any atom is -0.339 e. The van der Waals surface area contributed by atoms with Crippen LogP contribution in [0, 0.1) is 6.92 Å². The molecule has 2 heterocycles. The van der Waals surface area contributed by atoms with E-state index in [-0.39, 0.29) is 0 Å². The molecule has 0 aliphatic heterocycles. The van der Waals surface area contributed by atoms with E-state index < -0.39 is 0 Å². The fraction of sp³-hybridized carbons (Fsp3) is 0.615. The molecule has 0 atom stereocenters. The van der Waals surface area contributed by atoms with Crippen LogP contribution in [0.3, 0.4) is 0 Å². The van der Waals surface area contributed by atoms with Gasteiger partial charge in [-0.1, -0.05) is 5.16 Å². The summed E-state index contributed by atoms with van der Waals surface area (Å²) in [5, 5.41) is 7.14. The van der Waals surface area contributed by atoms with Crippen molar-refractivity contribution < 1.29 is 4.52 Å². The Morgan fingerprint density at radius 3 is 2.79 bits per heavy atom. The molecule has 0 unspecified atom stereocenters. The van der Waals surface area contributed by atoms with Crippen LogP contribution in [0.2, 0.25) is 0 Å². The Bertz CT molecular complexity index is 542. The zero-order valence-corrected chi connectivity index (χ0v) is 11.8. The Labute approximate surface area is 116 Å². The first-order valence-electron chi connectivity index (χ1n) is 6.70. The van der Waals surface area contributed by atoms with E-state index in [2.05, 4.69) is 15.1 Å². The molecule has 0 amide bonds. The van der Waals surface area contributed by atoms with Crippen molar-refractivity contribution in [2.75, 3.05) is 0 Å². The Hall–Kier alpha value is -1.27. The monoisotopic (exact) mass is 278 g/mol. The highest BCUT2D eigenvalue weighted by Gasteiger charge is 2.24. The van der Waals surface area contributed by atoms with E-state index in [1.165, 1.54) is 0 Å². The van der Waals surface area contributed by atoms with E-state index in [1.54, 1.807) is 11.3 Å². The average Bonchev–Trinajstić information content (AvgIpc) is 3.00. The number of nitrogens with two attached hydrogens (primary N) is 1. The molecule has 0 aromatic carbocycles. The Balaban J connectivity index is 1.66. The van der Waals surface area contributed by atoms with Crippen LogP contribution in [0.1, 0.15) is 54.0 Å². The summed E-state index contributed by atoms with van der Waals surface area (Å²) < 4.78 is 5.39. The first-order chi connectivity index (χ1) is 9.20. The molecule has 2 aromatic heterocycles. The van der Waals surface area contributed by atoms with Crippen LogP contribution in [0.5, 0.6) is 0 Å². The van der Waals surface area contributed by atoms with E-state index in [4.69, 9.17) is 10.3 Å². The highest BCUT2D eigenvalue weighted by atomic mass is 32.1. The van der Waals surface area contributed by atoms with Gasteiger partial charge in [0.25, 0.3) is 0 Å². The van der Waals surface area contributed by atoms with Gasteiger partial charge in [-0.2, -0.15) is 4.98 Å². The van der Waals surface area contributed by atoms with Gasteiger partial charge in [-0.25, -0.2) is 4.98 Å². The predicted molar refractivity (Wildman–Crippen MR) is 73.1 cm³/mol. The number of thiazole rings is 1. The molecule has 0 saturated heterocycles. The summed E-state index contributed by atoms with van der Waals surface area (Å²) in [6.45, 7) is 1.99. The SMILES string of the molecule is Cc1csc(Cc2noc(C3CCC(N)CC3)n2)n1. The molecule has 102 valence electrons. The lowest BCUT2D eigenvalue weighted by molar-refractivity contribution is 0.300. The van der Waals surface area contributed by atoms with Crippen molar-refractivity contribution in [3.05, 3.63) is 27.8 Å². The molecule has 0 spiro atoms. The van der Waals surface area contributed by atoms with Crippen LogP contribution in [0.15, 0.2) is 9.90 Å². The summed E-state index contributed by atoms with van der Waals surface area (Å²) in [5.74, 6) is 1.90. The second-order valence-corrected chi connectivity index (χ2v) is 6.16. The van der Waals surface area contributed by atoms with Gasteiger partial charge in [0.1, 0.15) is 5.01 Å². The molecule has 1 fully saturated rings. The lowest BCUT2D eigenvalue weighted by Gasteiger charge is -2.22. The minimum atomic E-state index is 0.344. The Morgan fingerprint density at radius 2 is 2.11 bits per heavy atom. The van der Waals surface area contributed by atoms with Crippen molar-refractivity contribution in [2.45, 2.75) is 51.0 Å². The first kappa shape index (κ1) is 12.7. The summed E-state index contributed by atoms with van der Waals surface area (Å²) in [7, 11) is 0. The molecule has 5 nitrogen and oxygen atoms in total. The second-order valence-electron chi connectivity index (χ2n) is 5.22. The molecule has 2 N–H and O–H groups in total. The zero-order chi connectivity index (χ0) is 13.2. The van der Waals surface area contributed by atoms with Crippen molar-refractivity contribution >= 4 is 11.3 Å². The Morgan fingerprint density at radius 1 is 1.32 bits per heavy atom. The lowest BCUT2D eigenvalue weighted by atomic mass is 9.86. The third-order valence-electron chi connectivity index (χ3n) is 3.58. The zero-order valence-electron chi connectivity index (χ0n) is 11.0. The number of nitrogens with zero attached hydrogens (tertiary/aromatic N) is 3. The van der Waals surface area contributed by atoms with Gasteiger partial charge >= 0.3 is 0 Å². The number of aryl methyl sites for hydroxylation is 1. The van der Waals surface area contributed by atoms with Gasteiger partial charge in [-0.3, -0.25) is 0 Å². The quantitative estimate of drug-likeness (QED) is 0.932. The maximum Gasteiger partial charge on any atom is 0.229 e. The van der Waals surface area contributed by atoms with Crippen LogP contribution in [0.25, 0.3) is 0 Å². The second kappa shape index (κ2) is 5.38. The molecule has 2 aromatic rings. The number of hydrogen-bond donors (Lipinski definition) is 1. The number of aromatic nitrogens is 3. The van der Waals surface area contributed by atoms with E-state index in [0.29, 0.717) is 18.4 Å². The molecular weight excluding hydrogens is 260 g/mol. The standard InChI is InChI=1S/C13H18N4OS/c1-8-7-19-12(15-8)6-11-16-13(18-17-11)9-2-4-10(14)5-3-9/h7,9-10H,2-6,14H2,1H3. The highest BCUT2D eigenvalue weighted by molar-refractivity contribution is 7.09. The van der Waals surface area contributed by atoms with Gasteiger partial charge in [0, 0.05) is 23.0 Å². The number of rotatable bonds is 3. The molecule has 0 radical (unpaired) electrons. The molecule has 1 aliphatic rings. The highest BCUT2D eigenvalue weighted by Crippen LogP contribution is 2.31. The summed E-state index contributed by atoms with van der Waals surface area (Å²) in [6, 6.07) is 0.344. The summed E-state index contributed by atoms with van der Waals surface area (Å²) in [5.41, 5.74) is 6.96. The van der Waals surface area contributed by atoms with Crippen LogP contribution in [-0.2, 0) is 6.42 Å². The summed E-state index contributed by atoms with van der Waals surface area (Å²) in [6.07, 6.45) is 4.87. The van der Waals surface area contributed by atoms with Gasteiger partial charge in [-0.05, 0) is 32.6 Å². The smallest absolute Gasteiger partial charge is 0.229 e. The van der Waals surface area contributed by atoms with Crippen LogP contribution >= 0.6 is 11.3 Å². The molecule has 1 saturated carbocycles. The minimum absolute atomic E-state index is 0.344. The van der Waals surface area contributed by atoms with Gasteiger partial charge in [0.15, 0.2) is 5.82 Å². The number of hydrogen-bond acceptors (Lipinski definition) is 6. The molecule has 0 bridgehead atoms. The molecule has 1 aliphatic carbocycles.